The molecular formula is C12H21N3O2. The zero-order valence-corrected chi connectivity index (χ0v) is 10.4. The van der Waals surface area contributed by atoms with E-state index in [2.05, 4.69) is 5.32 Å². The van der Waals surface area contributed by atoms with Crippen LogP contribution in [-0.4, -0.2) is 42.4 Å². The van der Waals surface area contributed by atoms with Gasteiger partial charge in [0.25, 0.3) is 0 Å². The molecule has 2 amide bonds. The highest BCUT2D eigenvalue weighted by Crippen LogP contribution is 2.46. The Bertz CT molecular complexity index is 326. The number of nitrogens with zero attached hydrogens (tertiary/aromatic N) is 1. The van der Waals surface area contributed by atoms with Gasteiger partial charge in [-0.1, -0.05) is 0 Å². The summed E-state index contributed by atoms with van der Waals surface area (Å²) < 4.78 is 0. The van der Waals surface area contributed by atoms with Gasteiger partial charge in [-0.15, -0.1) is 0 Å². The first-order valence-corrected chi connectivity index (χ1v) is 6.34. The van der Waals surface area contributed by atoms with E-state index in [1.807, 2.05) is 4.90 Å². The molecule has 3 N–H and O–H groups in total. The Labute approximate surface area is 102 Å². The second kappa shape index (κ2) is 4.64. The molecule has 2 fully saturated rings. The molecule has 1 saturated carbocycles. The summed E-state index contributed by atoms with van der Waals surface area (Å²) >= 11 is 0. The molecule has 1 aliphatic carbocycles. The first-order valence-electron chi connectivity index (χ1n) is 6.34. The number of nitrogens with two attached hydrogens (primary N) is 1. The smallest absolute Gasteiger partial charge is 0.230 e. The van der Waals surface area contributed by atoms with Crippen LogP contribution in [0.1, 0.15) is 32.6 Å². The maximum atomic E-state index is 12.3. The monoisotopic (exact) mass is 239 g/mol. The van der Waals surface area contributed by atoms with Crippen molar-refractivity contribution in [3.63, 3.8) is 0 Å². The van der Waals surface area contributed by atoms with Crippen LogP contribution in [0.25, 0.3) is 0 Å². The van der Waals surface area contributed by atoms with Gasteiger partial charge in [0.1, 0.15) is 0 Å². The second-order valence-electron chi connectivity index (χ2n) is 5.28. The molecule has 0 spiro atoms. The number of piperidine rings is 1. The average Bonchev–Trinajstić information content (AvgIpc) is 3.08. The molecule has 2 aliphatic rings. The van der Waals surface area contributed by atoms with E-state index in [0.717, 1.165) is 32.2 Å². The number of hydrogen-bond acceptors (Lipinski definition) is 3. The van der Waals surface area contributed by atoms with E-state index in [0.29, 0.717) is 13.1 Å². The quantitative estimate of drug-likeness (QED) is 0.719. The largest absolute Gasteiger partial charge is 0.352 e. The third kappa shape index (κ3) is 2.60. The molecule has 5 heteroatoms. The minimum absolute atomic E-state index is 0.0238. The lowest BCUT2D eigenvalue weighted by molar-refractivity contribution is -0.138. The van der Waals surface area contributed by atoms with Gasteiger partial charge >= 0.3 is 0 Å². The maximum absolute atomic E-state index is 12.3. The summed E-state index contributed by atoms with van der Waals surface area (Å²) in [6, 6.07) is 0.110. The van der Waals surface area contributed by atoms with E-state index in [9.17, 15) is 9.59 Å². The van der Waals surface area contributed by atoms with E-state index < -0.39 is 0 Å². The molecule has 5 nitrogen and oxygen atoms in total. The molecule has 2 rings (SSSR count). The minimum atomic E-state index is -0.266. The number of rotatable bonds is 3. The Morgan fingerprint density at radius 1 is 1.47 bits per heavy atom. The van der Waals surface area contributed by atoms with Crippen LogP contribution in [0.2, 0.25) is 0 Å². The van der Waals surface area contributed by atoms with E-state index in [4.69, 9.17) is 5.73 Å². The fraction of sp³-hybridized carbons (Fsp3) is 0.833. The summed E-state index contributed by atoms with van der Waals surface area (Å²) in [5.41, 5.74) is 5.41. The normalized spacial score (nSPS) is 26.5. The van der Waals surface area contributed by atoms with Crippen LogP contribution in [0.3, 0.4) is 0 Å². The maximum Gasteiger partial charge on any atom is 0.230 e. The molecule has 0 aromatic carbocycles. The van der Waals surface area contributed by atoms with Crippen molar-refractivity contribution >= 4 is 11.8 Å². The van der Waals surface area contributed by atoms with Gasteiger partial charge in [0.15, 0.2) is 0 Å². The Balaban J connectivity index is 1.93. The Morgan fingerprint density at radius 3 is 2.71 bits per heavy atom. The van der Waals surface area contributed by atoms with Crippen LogP contribution in [0.15, 0.2) is 0 Å². The molecule has 0 radical (unpaired) electrons. The lowest BCUT2D eigenvalue weighted by atomic mass is 10.0. The first kappa shape index (κ1) is 12.4. The number of nitrogens with one attached hydrogen (secondary N) is 1. The Morgan fingerprint density at radius 2 is 2.18 bits per heavy atom. The molecule has 1 unspecified atom stereocenters. The summed E-state index contributed by atoms with van der Waals surface area (Å²) in [5, 5.41) is 2.89. The van der Waals surface area contributed by atoms with Crippen molar-refractivity contribution in [2.45, 2.75) is 38.6 Å². The van der Waals surface area contributed by atoms with Crippen LogP contribution in [-0.2, 0) is 9.59 Å². The van der Waals surface area contributed by atoms with Gasteiger partial charge in [-0.3, -0.25) is 9.59 Å². The first-order chi connectivity index (χ1) is 8.07. The van der Waals surface area contributed by atoms with Crippen molar-refractivity contribution in [1.82, 2.24) is 10.2 Å². The zero-order chi connectivity index (χ0) is 12.5. The Hall–Kier alpha value is -1.10. The topological polar surface area (TPSA) is 75.4 Å². The molecular weight excluding hydrogens is 218 g/mol. The molecule has 96 valence electrons. The number of carbonyl (C=O) groups excluding carboxylic acids is 2. The highest BCUT2D eigenvalue weighted by molar-refractivity contribution is 5.86. The van der Waals surface area contributed by atoms with Crippen LogP contribution >= 0.6 is 0 Å². The van der Waals surface area contributed by atoms with E-state index in [1.54, 1.807) is 0 Å². The van der Waals surface area contributed by atoms with E-state index in [-0.39, 0.29) is 23.3 Å². The van der Waals surface area contributed by atoms with Crippen molar-refractivity contribution in [3.8, 4) is 0 Å². The predicted octanol–water partition coefficient (Wildman–Crippen LogP) is -0.148. The third-order valence-electron chi connectivity index (χ3n) is 3.81. The highest BCUT2D eigenvalue weighted by Gasteiger charge is 2.50. The molecule has 1 saturated heterocycles. The SMILES string of the molecule is CC(=O)NC1CCCN(C(=O)C2(CN)CC2)C1. The fourth-order valence-electron chi connectivity index (χ4n) is 2.56. The second-order valence-corrected chi connectivity index (χ2v) is 5.28. The molecule has 0 aromatic rings. The Kier molecular flexibility index (Phi) is 3.38. The van der Waals surface area contributed by atoms with Crippen molar-refractivity contribution in [3.05, 3.63) is 0 Å². The summed E-state index contributed by atoms with van der Waals surface area (Å²) in [4.78, 5) is 25.2. The third-order valence-corrected chi connectivity index (χ3v) is 3.81. The van der Waals surface area contributed by atoms with Crippen molar-refractivity contribution in [2.24, 2.45) is 11.1 Å². The zero-order valence-electron chi connectivity index (χ0n) is 10.4. The van der Waals surface area contributed by atoms with Crippen LogP contribution in [0.4, 0.5) is 0 Å². The van der Waals surface area contributed by atoms with Crippen LogP contribution in [0.5, 0.6) is 0 Å². The molecule has 1 heterocycles. The average molecular weight is 239 g/mol. The van der Waals surface area contributed by atoms with Gasteiger partial charge in [-0.2, -0.15) is 0 Å². The number of amides is 2. The summed E-state index contributed by atoms with van der Waals surface area (Å²) in [6.45, 7) is 3.41. The van der Waals surface area contributed by atoms with E-state index in [1.165, 1.54) is 6.92 Å². The van der Waals surface area contributed by atoms with Crippen LogP contribution in [0, 0.1) is 5.41 Å². The summed E-state index contributed by atoms with van der Waals surface area (Å²) in [7, 11) is 0. The lowest BCUT2D eigenvalue weighted by Gasteiger charge is -2.35. The number of carbonyl (C=O) groups is 2. The fourth-order valence-corrected chi connectivity index (χ4v) is 2.56. The molecule has 1 atom stereocenters. The number of hydrogen-bond donors (Lipinski definition) is 2. The van der Waals surface area contributed by atoms with Gasteiger partial charge in [-0.05, 0) is 25.7 Å². The van der Waals surface area contributed by atoms with E-state index >= 15 is 0 Å². The standard InChI is InChI=1S/C12H21N3O2/c1-9(16)14-10-3-2-6-15(7-10)11(17)12(8-13)4-5-12/h10H,2-8,13H2,1H3,(H,14,16). The number of likely N-dealkylation sites (tertiary alicyclic amines) is 1. The molecule has 1 aliphatic heterocycles. The predicted molar refractivity (Wildman–Crippen MR) is 64.1 cm³/mol. The van der Waals surface area contributed by atoms with Gasteiger partial charge < -0.3 is 16.0 Å². The highest BCUT2D eigenvalue weighted by atomic mass is 16.2. The van der Waals surface area contributed by atoms with Crippen molar-refractivity contribution in [2.75, 3.05) is 19.6 Å². The minimum Gasteiger partial charge on any atom is -0.352 e. The lowest BCUT2D eigenvalue weighted by Crippen LogP contribution is -2.51. The summed E-state index contributed by atoms with van der Waals surface area (Å²) in [6.07, 6.45) is 3.75. The molecule has 0 bridgehead atoms. The summed E-state index contributed by atoms with van der Waals surface area (Å²) in [5.74, 6) is 0.166. The van der Waals surface area contributed by atoms with Crippen LogP contribution < -0.4 is 11.1 Å². The molecule has 0 aromatic heterocycles. The van der Waals surface area contributed by atoms with Gasteiger partial charge in [-0.25, -0.2) is 0 Å². The van der Waals surface area contributed by atoms with Crippen molar-refractivity contribution in [1.29, 1.82) is 0 Å². The van der Waals surface area contributed by atoms with Gasteiger partial charge in [0.2, 0.25) is 11.8 Å². The molecule has 17 heavy (non-hydrogen) atoms. The van der Waals surface area contributed by atoms with Gasteiger partial charge in [0.05, 0.1) is 5.41 Å². The van der Waals surface area contributed by atoms with Gasteiger partial charge in [0, 0.05) is 32.6 Å². The van der Waals surface area contributed by atoms with Crippen molar-refractivity contribution < 1.29 is 9.59 Å².